The first-order valence-electron chi connectivity index (χ1n) is 6.23. The Bertz CT molecular complexity index is 553. The number of methoxy groups -OCH3 is 1. The zero-order valence-corrected chi connectivity index (χ0v) is 11.4. The van der Waals surface area contributed by atoms with Crippen molar-refractivity contribution < 1.29 is 9.13 Å². The fourth-order valence-corrected chi connectivity index (χ4v) is 2.15. The van der Waals surface area contributed by atoms with Crippen LogP contribution in [0, 0.1) is 5.82 Å². The molecule has 2 aromatic rings. The van der Waals surface area contributed by atoms with Crippen molar-refractivity contribution >= 4 is 0 Å². The molecule has 0 amide bonds. The fourth-order valence-electron chi connectivity index (χ4n) is 2.15. The largest absolute Gasteiger partial charge is 0.496 e. The molecule has 0 spiro atoms. The molecule has 0 aliphatic carbocycles. The average molecular weight is 263 g/mol. The molecular weight excluding hydrogens is 245 g/mol. The molecule has 1 atom stereocenters. The van der Waals surface area contributed by atoms with Gasteiger partial charge in [-0.2, -0.15) is 5.10 Å². The van der Waals surface area contributed by atoms with Crippen LogP contribution in [0.2, 0.25) is 0 Å². The van der Waals surface area contributed by atoms with Gasteiger partial charge in [0.15, 0.2) is 0 Å². The van der Waals surface area contributed by atoms with Crippen molar-refractivity contribution in [2.45, 2.75) is 19.5 Å². The minimum atomic E-state index is -0.289. The van der Waals surface area contributed by atoms with E-state index in [9.17, 15) is 4.39 Å². The van der Waals surface area contributed by atoms with Gasteiger partial charge < -0.3 is 10.1 Å². The second-order valence-electron chi connectivity index (χ2n) is 4.21. The van der Waals surface area contributed by atoms with Crippen molar-refractivity contribution in [3.8, 4) is 5.75 Å². The molecule has 102 valence electrons. The first-order valence-corrected chi connectivity index (χ1v) is 6.23. The number of aromatic nitrogens is 2. The Morgan fingerprint density at radius 2 is 2.26 bits per heavy atom. The van der Waals surface area contributed by atoms with Gasteiger partial charge in [0.25, 0.3) is 0 Å². The van der Waals surface area contributed by atoms with Crippen LogP contribution in [-0.4, -0.2) is 23.9 Å². The van der Waals surface area contributed by atoms with Crippen molar-refractivity contribution in [1.29, 1.82) is 0 Å². The van der Waals surface area contributed by atoms with Crippen LogP contribution in [0.4, 0.5) is 4.39 Å². The molecule has 0 saturated heterocycles. The van der Waals surface area contributed by atoms with Crippen LogP contribution in [-0.2, 0) is 6.54 Å². The highest BCUT2D eigenvalue weighted by Gasteiger charge is 2.21. The number of hydrogen-bond donors (Lipinski definition) is 1. The molecule has 1 aromatic heterocycles. The number of aryl methyl sites for hydroxylation is 1. The second-order valence-corrected chi connectivity index (χ2v) is 4.21. The lowest BCUT2D eigenvalue weighted by atomic mass is 10.00. The van der Waals surface area contributed by atoms with E-state index in [1.165, 1.54) is 6.07 Å². The minimum Gasteiger partial charge on any atom is -0.496 e. The third kappa shape index (κ3) is 2.61. The van der Waals surface area contributed by atoms with Crippen LogP contribution in [0.3, 0.4) is 0 Å². The molecular formula is C14H18FN3O. The monoisotopic (exact) mass is 263 g/mol. The molecule has 0 fully saturated rings. The number of rotatable bonds is 5. The SMILES string of the molecule is CCn1cc(C(NC)c2c(F)cccc2OC)cn1. The van der Waals surface area contributed by atoms with Crippen LogP contribution < -0.4 is 10.1 Å². The Morgan fingerprint density at radius 3 is 2.84 bits per heavy atom. The number of hydrogen-bond acceptors (Lipinski definition) is 3. The van der Waals surface area contributed by atoms with Gasteiger partial charge in [0, 0.05) is 18.3 Å². The van der Waals surface area contributed by atoms with Gasteiger partial charge >= 0.3 is 0 Å². The molecule has 0 bridgehead atoms. The van der Waals surface area contributed by atoms with Gasteiger partial charge in [-0.1, -0.05) is 6.07 Å². The summed E-state index contributed by atoms with van der Waals surface area (Å²) < 4.78 is 21.2. The summed E-state index contributed by atoms with van der Waals surface area (Å²) in [5, 5.41) is 7.34. The number of benzene rings is 1. The maximum Gasteiger partial charge on any atom is 0.132 e. The predicted molar refractivity (Wildman–Crippen MR) is 71.8 cm³/mol. The van der Waals surface area contributed by atoms with Gasteiger partial charge in [-0.05, 0) is 26.1 Å². The lowest BCUT2D eigenvalue weighted by Crippen LogP contribution is -2.19. The lowest BCUT2D eigenvalue weighted by molar-refractivity contribution is 0.398. The van der Waals surface area contributed by atoms with Crippen molar-refractivity contribution in [1.82, 2.24) is 15.1 Å². The summed E-state index contributed by atoms with van der Waals surface area (Å²) in [7, 11) is 3.33. The Morgan fingerprint density at radius 1 is 1.47 bits per heavy atom. The zero-order valence-electron chi connectivity index (χ0n) is 11.4. The third-order valence-electron chi connectivity index (χ3n) is 3.12. The Hall–Kier alpha value is -1.88. The standard InChI is InChI=1S/C14H18FN3O/c1-4-18-9-10(8-17-18)14(16-2)13-11(15)6-5-7-12(13)19-3/h5-9,14,16H,4H2,1-3H3. The molecule has 0 saturated carbocycles. The Kier molecular flexibility index (Phi) is 4.16. The molecule has 19 heavy (non-hydrogen) atoms. The van der Waals surface area contributed by atoms with Gasteiger partial charge in [0.05, 0.1) is 24.9 Å². The molecule has 4 nitrogen and oxygen atoms in total. The normalized spacial score (nSPS) is 12.4. The highest BCUT2D eigenvalue weighted by atomic mass is 19.1. The second kappa shape index (κ2) is 5.84. The van der Waals surface area contributed by atoms with Crippen molar-refractivity contribution in [2.24, 2.45) is 0 Å². The average Bonchev–Trinajstić information content (AvgIpc) is 2.90. The van der Waals surface area contributed by atoms with E-state index in [1.54, 1.807) is 32.5 Å². The smallest absolute Gasteiger partial charge is 0.132 e. The quantitative estimate of drug-likeness (QED) is 0.900. The molecule has 0 aliphatic heterocycles. The van der Waals surface area contributed by atoms with Crippen LogP contribution in [0.5, 0.6) is 5.75 Å². The molecule has 1 aromatic carbocycles. The van der Waals surface area contributed by atoms with Crippen molar-refractivity contribution in [2.75, 3.05) is 14.2 Å². The summed E-state index contributed by atoms with van der Waals surface area (Å²) in [6.07, 6.45) is 3.66. The topological polar surface area (TPSA) is 39.1 Å². The zero-order chi connectivity index (χ0) is 13.8. The fraction of sp³-hybridized carbons (Fsp3) is 0.357. The van der Waals surface area contributed by atoms with E-state index in [4.69, 9.17) is 4.74 Å². The summed E-state index contributed by atoms with van der Waals surface area (Å²) >= 11 is 0. The third-order valence-corrected chi connectivity index (χ3v) is 3.12. The summed E-state index contributed by atoms with van der Waals surface area (Å²) in [6.45, 7) is 2.79. The lowest BCUT2D eigenvalue weighted by Gasteiger charge is -2.18. The maximum atomic E-state index is 14.1. The summed E-state index contributed by atoms with van der Waals surface area (Å²) in [5.74, 6) is 0.242. The van der Waals surface area contributed by atoms with E-state index < -0.39 is 0 Å². The van der Waals surface area contributed by atoms with Crippen LogP contribution >= 0.6 is 0 Å². The predicted octanol–water partition coefficient (Wildman–Crippen LogP) is 2.36. The Balaban J connectivity index is 2.47. The van der Waals surface area contributed by atoms with E-state index >= 15 is 0 Å². The number of halogens is 1. The number of nitrogens with one attached hydrogen (secondary N) is 1. The number of ether oxygens (including phenoxy) is 1. The molecule has 1 N–H and O–H groups in total. The first kappa shape index (κ1) is 13.5. The van der Waals surface area contributed by atoms with E-state index in [1.807, 2.05) is 17.8 Å². The molecule has 2 rings (SSSR count). The number of nitrogens with zero attached hydrogens (tertiary/aromatic N) is 2. The van der Waals surface area contributed by atoms with Gasteiger partial charge in [0.2, 0.25) is 0 Å². The summed E-state index contributed by atoms with van der Waals surface area (Å²) in [6, 6.07) is 4.55. The first-order chi connectivity index (χ1) is 9.21. The van der Waals surface area contributed by atoms with Gasteiger partial charge in [-0.3, -0.25) is 4.68 Å². The van der Waals surface area contributed by atoms with E-state index in [-0.39, 0.29) is 11.9 Å². The van der Waals surface area contributed by atoms with Gasteiger partial charge in [0.1, 0.15) is 11.6 Å². The van der Waals surface area contributed by atoms with E-state index in [2.05, 4.69) is 10.4 Å². The molecule has 1 unspecified atom stereocenters. The molecule has 0 radical (unpaired) electrons. The molecule has 1 heterocycles. The van der Waals surface area contributed by atoms with Crippen molar-refractivity contribution in [3.05, 3.63) is 47.5 Å². The van der Waals surface area contributed by atoms with Gasteiger partial charge in [-0.25, -0.2) is 4.39 Å². The molecule has 0 aliphatic rings. The van der Waals surface area contributed by atoms with Crippen molar-refractivity contribution in [3.63, 3.8) is 0 Å². The molecule has 5 heteroatoms. The maximum absolute atomic E-state index is 14.1. The van der Waals surface area contributed by atoms with E-state index in [0.29, 0.717) is 11.3 Å². The highest BCUT2D eigenvalue weighted by molar-refractivity contribution is 5.41. The van der Waals surface area contributed by atoms with Crippen LogP contribution in [0.25, 0.3) is 0 Å². The Labute approximate surface area is 112 Å². The minimum absolute atomic E-state index is 0.281. The van der Waals surface area contributed by atoms with E-state index in [0.717, 1.165) is 12.1 Å². The van der Waals surface area contributed by atoms with Gasteiger partial charge in [-0.15, -0.1) is 0 Å². The van der Waals surface area contributed by atoms with Crippen LogP contribution in [0.15, 0.2) is 30.6 Å². The summed E-state index contributed by atoms with van der Waals surface area (Å²) in [5.41, 5.74) is 1.41. The summed E-state index contributed by atoms with van der Waals surface area (Å²) in [4.78, 5) is 0. The highest BCUT2D eigenvalue weighted by Crippen LogP contribution is 2.31. The van der Waals surface area contributed by atoms with Crippen LogP contribution in [0.1, 0.15) is 24.1 Å².